The summed E-state index contributed by atoms with van der Waals surface area (Å²) in [5.74, 6) is -0.749. The number of benzene rings is 2. The molecule has 0 bridgehead atoms. The van der Waals surface area contributed by atoms with Crippen molar-refractivity contribution >= 4 is 28.5 Å². The van der Waals surface area contributed by atoms with Crippen LogP contribution in [0.5, 0.6) is 0 Å². The molecule has 0 aliphatic carbocycles. The first kappa shape index (κ1) is 21.4. The number of rotatable bonds is 3. The van der Waals surface area contributed by atoms with E-state index in [1.54, 1.807) is 24.4 Å². The summed E-state index contributed by atoms with van der Waals surface area (Å²) < 4.78 is 40.1. The highest BCUT2D eigenvalue weighted by Crippen LogP contribution is 2.36. The molecule has 1 aliphatic heterocycles. The van der Waals surface area contributed by atoms with Gasteiger partial charge in [0.2, 0.25) is 0 Å². The maximum Gasteiger partial charge on any atom is 0.418 e. The predicted octanol–water partition coefficient (Wildman–Crippen LogP) is 4.83. The molecule has 1 aromatic heterocycles. The fraction of sp³-hybridized carbons (Fsp3) is 0.174. The minimum atomic E-state index is -4.63. The fourth-order valence-corrected chi connectivity index (χ4v) is 3.84. The number of hydrogen-bond donors (Lipinski definition) is 3. The minimum Gasteiger partial charge on any atom is -0.327 e. The highest BCUT2D eigenvalue weighted by atomic mass is 19.4. The molecule has 3 aromatic rings. The van der Waals surface area contributed by atoms with Crippen LogP contribution >= 0.6 is 0 Å². The molecule has 1 unspecified atom stereocenters. The largest absolute Gasteiger partial charge is 0.418 e. The van der Waals surface area contributed by atoms with Crippen LogP contribution in [0.3, 0.4) is 0 Å². The molecule has 1 atom stereocenters. The molecule has 6 nitrogen and oxygen atoms in total. The molecule has 9 heteroatoms. The standard InChI is InChI=1S/C23H19F3N4O2/c1-12-10-15(11-14-6-5-9-27-19(12)14)20-18(13(2)28-22(32)30-20)21(31)29-17-8-4-3-7-16(17)23(24,25)26/h3-11,20H,1-2H3,(H,29,31)(H2,28,30,32). The number of amides is 3. The van der Waals surface area contributed by atoms with Crippen LogP contribution in [0.25, 0.3) is 10.9 Å². The van der Waals surface area contributed by atoms with Gasteiger partial charge in [-0.15, -0.1) is 0 Å². The van der Waals surface area contributed by atoms with Crippen LogP contribution < -0.4 is 16.0 Å². The van der Waals surface area contributed by atoms with Gasteiger partial charge in [0, 0.05) is 17.3 Å². The number of aromatic nitrogens is 1. The van der Waals surface area contributed by atoms with Gasteiger partial charge in [-0.25, -0.2) is 4.79 Å². The van der Waals surface area contributed by atoms with E-state index in [0.29, 0.717) is 5.56 Å². The van der Waals surface area contributed by atoms with E-state index in [4.69, 9.17) is 0 Å². The number of carbonyl (C=O) groups excluding carboxylic acids is 2. The molecule has 0 saturated carbocycles. The number of carbonyl (C=O) groups is 2. The summed E-state index contributed by atoms with van der Waals surface area (Å²) in [5.41, 5.74) is 1.29. The summed E-state index contributed by atoms with van der Waals surface area (Å²) in [6.07, 6.45) is -2.96. The van der Waals surface area contributed by atoms with Crippen molar-refractivity contribution in [3.05, 3.63) is 82.7 Å². The predicted molar refractivity (Wildman–Crippen MR) is 114 cm³/mol. The van der Waals surface area contributed by atoms with Gasteiger partial charge in [0.15, 0.2) is 0 Å². The summed E-state index contributed by atoms with van der Waals surface area (Å²) >= 11 is 0. The van der Waals surface area contributed by atoms with E-state index in [2.05, 4.69) is 20.9 Å². The SMILES string of the molecule is CC1=C(C(=O)Nc2ccccc2C(F)(F)F)C(c2cc(C)c3ncccc3c2)NC(=O)N1. The summed E-state index contributed by atoms with van der Waals surface area (Å²) in [6.45, 7) is 3.39. The molecule has 164 valence electrons. The van der Waals surface area contributed by atoms with Gasteiger partial charge in [0.05, 0.1) is 28.4 Å². The van der Waals surface area contributed by atoms with Gasteiger partial charge >= 0.3 is 12.2 Å². The Morgan fingerprint density at radius 1 is 1.09 bits per heavy atom. The number of hydrogen-bond acceptors (Lipinski definition) is 3. The molecule has 2 aromatic carbocycles. The number of anilines is 1. The molecular weight excluding hydrogens is 421 g/mol. The number of nitrogens with zero attached hydrogens (tertiary/aromatic N) is 1. The number of urea groups is 1. The number of alkyl halides is 3. The van der Waals surface area contributed by atoms with Crippen LogP contribution in [0, 0.1) is 6.92 Å². The van der Waals surface area contributed by atoms with Crippen LogP contribution in [-0.2, 0) is 11.0 Å². The van der Waals surface area contributed by atoms with Crippen LogP contribution in [0.2, 0.25) is 0 Å². The van der Waals surface area contributed by atoms with Gasteiger partial charge in [0.1, 0.15) is 0 Å². The normalized spacial score (nSPS) is 16.5. The maximum atomic E-state index is 13.4. The fourth-order valence-electron chi connectivity index (χ4n) is 3.84. The van der Waals surface area contributed by atoms with Crippen LogP contribution in [0.1, 0.15) is 29.7 Å². The molecule has 3 amide bonds. The van der Waals surface area contributed by atoms with Crippen LogP contribution in [-0.4, -0.2) is 16.9 Å². The van der Waals surface area contributed by atoms with Gasteiger partial charge in [-0.3, -0.25) is 9.78 Å². The number of aryl methyl sites for hydroxylation is 1. The van der Waals surface area contributed by atoms with E-state index in [0.717, 1.165) is 22.5 Å². The molecule has 0 spiro atoms. The lowest BCUT2D eigenvalue weighted by Gasteiger charge is -2.29. The van der Waals surface area contributed by atoms with Crippen LogP contribution in [0.15, 0.2) is 66.0 Å². The minimum absolute atomic E-state index is 0.115. The van der Waals surface area contributed by atoms with Crippen LogP contribution in [0.4, 0.5) is 23.7 Å². The van der Waals surface area contributed by atoms with Crippen molar-refractivity contribution in [3.8, 4) is 0 Å². The second-order valence-corrected chi connectivity index (χ2v) is 7.48. The van der Waals surface area contributed by atoms with Gasteiger partial charge in [0.25, 0.3) is 5.91 Å². The third kappa shape index (κ3) is 4.01. The summed E-state index contributed by atoms with van der Waals surface area (Å²) in [4.78, 5) is 29.7. The lowest BCUT2D eigenvalue weighted by molar-refractivity contribution is -0.137. The highest BCUT2D eigenvalue weighted by molar-refractivity contribution is 6.07. The number of fused-ring (bicyclic) bond motifs is 1. The molecule has 0 radical (unpaired) electrons. The zero-order valence-electron chi connectivity index (χ0n) is 17.2. The van der Waals surface area contributed by atoms with Crippen molar-refractivity contribution in [2.75, 3.05) is 5.32 Å². The quantitative estimate of drug-likeness (QED) is 0.546. The number of halogens is 3. The molecule has 3 N–H and O–H groups in total. The van der Waals surface area contributed by atoms with Crippen molar-refractivity contribution in [2.45, 2.75) is 26.1 Å². The second kappa shape index (κ2) is 7.99. The van der Waals surface area contributed by atoms with E-state index in [-0.39, 0.29) is 17.0 Å². The summed E-state index contributed by atoms with van der Waals surface area (Å²) in [6, 6.07) is 10.6. The molecular formula is C23H19F3N4O2. The van der Waals surface area contributed by atoms with Gasteiger partial charge < -0.3 is 16.0 Å². The lowest BCUT2D eigenvalue weighted by Crippen LogP contribution is -2.46. The topological polar surface area (TPSA) is 83.1 Å². The van der Waals surface area contributed by atoms with Gasteiger partial charge in [-0.05, 0) is 49.2 Å². The Morgan fingerprint density at radius 3 is 2.59 bits per heavy atom. The first-order valence-electron chi connectivity index (χ1n) is 9.76. The summed E-state index contributed by atoms with van der Waals surface area (Å²) in [5, 5.41) is 8.41. The van der Waals surface area contributed by atoms with E-state index in [1.165, 1.54) is 25.1 Å². The van der Waals surface area contributed by atoms with Crippen molar-refractivity contribution in [1.82, 2.24) is 15.6 Å². The van der Waals surface area contributed by atoms with Crippen molar-refractivity contribution in [3.63, 3.8) is 0 Å². The molecule has 2 heterocycles. The van der Waals surface area contributed by atoms with E-state index < -0.39 is 29.7 Å². The Balaban J connectivity index is 1.76. The Bertz CT molecular complexity index is 1270. The first-order chi connectivity index (χ1) is 15.1. The Labute approximate surface area is 181 Å². The smallest absolute Gasteiger partial charge is 0.327 e. The molecule has 32 heavy (non-hydrogen) atoms. The first-order valence-corrected chi connectivity index (χ1v) is 9.76. The van der Waals surface area contributed by atoms with E-state index in [9.17, 15) is 22.8 Å². The average molecular weight is 440 g/mol. The van der Waals surface area contributed by atoms with Crippen molar-refractivity contribution < 1.29 is 22.8 Å². The third-order valence-electron chi connectivity index (χ3n) is 5.25. The van der Waals surface area contributed by atoms with Gasteiger partial charge in [-0.2, -0.15) is 13.2 Å². The molecule has 0 fully saturated rings. The molecule has 4 rings (SSSR count). The number of pyridine rings is 1. The Kier molecular flexibility index (Phi) is 5.33. The lowest BCUT2D eigenvalue weighted by atomic mass is 9.92. The third-order valence-corrected chi connectivity index (χ3v) is 5.25. The number of nitrogens with one attached hydrogen (secondary N) is 3. The Morgan fingerprint density at radius 2 is 1.84 bits per heavy atom. The van der Waals surface area contributed by atoms with Crippen molar-refractivity contribution in [2.24, 2.45) is 0 Å². The zero-order chi connectivity index (χ0) is 23.0. The highest BCUT2D eigenvalue weighted by Gasteiger charge is 2.36. The zero-order valence-corrected chi connectivity index (χ0v) is 17.2. The Hall–Kier alpha value is -3.88. The van der Waals surface area contributed by atoms with Gasteiger partial charge in [-0.1, -0.05) is 24.3 Å². The number of para-hydroxylation sites is 1. The number of allylic oxidation sites excluding steroid dienone is 1. The van der Waals surface area contributed by atoms with E-state index >= 15 is 0 Å². The second-order valence-electron chi connectivity index (χ2n) is 7.48. The van der Waals surface area contributed by atoms with Crippen molar-refractivity contribution in [1.29, 1.82) is 0 Å². The maximum absolute atomic E-state index is 13.4. The monoisotopic (exact) mass is 440 g/mol. The average Bonchev–Trinajstić information content (AvgIpc) is 2.72. The molecule has 0 saturated heterocycles. The van der Waals surface area contributed by atoms with E-state index in [1.807, 2.05) is 13.0 Å². The summed E-state index contributed by atoms with van der Waals surface area (Å²) in [7, 11) is 0. The molecule has 1 aliphatic rings.